The third-order valence-electron chi connectivity index (χ3n) is 4.10. The molecule has 0 amide bonds. The van der Waals surface area contributed by atoms with Crippen LogP contribution in [-0.2, 0) is 14.1 Å². The van der Waals surface area contributed by atoms with Crippen molar-refractivity contribution in [1.29, 1.82) is 5.26 Å². The summed E-state index contributed by atoms with van der Waals surface area (Å²) in [4.78, 5) is 22.4. The van der Waals surface area contributed by atoms with Gasteiger partial charge in [0.25, 0.3) is 5.69 Å². The second-order valence-corrected chi connectivity index (χ2v) is 5.63. The number of imidazole rings is 1. The molecule has 124 valence electrons. The molecule has 0 spiro atoms. The number of nitriles is 1. The second-order valence-electron chi connectivity index (χ2n) is 5.63. The molecule has 7 nitrogen and oxygen atoms in total. The van der Waals surface area contributed by atoms with E-state index in [1.165, 1.54) is 16.7 Å². The molecule has 0 saturated carbocycles. The summed E-state index contributed by atoms with van der Waals surface area (Å²) in [6.45, 7) is 0. The number of nitro groups is 1. The lowest BCUT2D eigenvalue weighted by Gasteiger charge is -2.02. The number of non-ortho nitro benzene ring substituents is 1. The number of benzene rings is 2. The van der Waals surface area contributed by atoms with Crippen LogP contribution >= 0.6 is 0 Å². The van der Waals surface area contributed by atoms with Gasteiger partial charge in [0.1, 0.15) is 0 Å². The van der Waals surface area contributed by atoms with Crippen molar-refractivity contribution in [1.82, 2.24) is 9.13 Å². The molecule has 0 aliphatic carbocycles. The van der Waals surface area contributed by atoms with Gasteiger partial charge in [0, 0.05) is 26.2 Å². The number of rotatable bonds is 3. The average molecular weight is 334 g/mol. The zero-order chi connectivity index (χ0) is 18.1. The minimum absolute atomic E-state index is 0.0699. The summed E-state index contributed by atoms with van der Waals surface area (Å²) in [5.74, 6) is 0. The first kappa shape index (κ1) is 16.2. The van der Waals surface area contributed by atoms with E-state index in [1.54, 1.807) is 42.9 Å². The maximum atomic E-state index is 12.0. The highest BCUT2D eigenvalue weighted by atomic mass is 16.6. The zero-order valence-electron chi connectivity index (χ0n) is 13.6. The van der Waals surface area contributed by atoms with Crippen LogP contribution < -0.4 is 5.69 Å². The molecule has 1 heterocycles. The van der Waals surface area contributed by atoms with Gasteiger partial charge in [-0.15, -0.1) is 0 Å². The Morgan fingerprint density at radius 2 is 1.88 bits per heavy atom. The fraction of sp³-hybridized carbons (Fsp3) is 0.111. The molecule has 3 rings (SSSR count). The Labute approximate surface area is 142 Å². The third-order valence-corrected chi connectivity index (χ3v) is 4.10. The lowest BCUT2D eigenvalue weighted by atomic mass is 10.0. The highest BCUT2D eigenvalue weighted by Gasteiger charge is 2.10. The van der Waals surface area contributed by atoms with Crippen molar-refractivity contribution in [2.45, 2.75) is 0 Å². The van der Waals surface area contributed by atoms with Gasteiger partial charge in [-0.25, -0.2) is 4.79 Å². The number of aryl methyl sites for hydroxylation is 2. The predicted octanol–water partition coefficient (Wildman–Crippen LogP) is 2.85. The van der Waals surface area contributed by atoms with E-state index in [1.807, 2.05) is 12.1 Å². The Morgan fingerprint density at radius 1 is 1.16 bits per heavy atom. The minimum Gasteiger partial charge on any atom is -0.295 e. The highest BCUT2D eigenvalue weighted by Crippen LogP contribution is 2.23. The molecule has 0 aliphatic heterocycles. The number of hydrogen-bond acceptors (Lipinski definition) is 4. The van der Waals surface area contributed by atoms with E-state index in [2.05, 4.69) is 6.07 Å². The Balaban J connectivity index is 2.12. The molecule has 0 saturated heterocycles. The smallest absolute Gasteiger partial charge is 0.295 e. The van der Waals surface area contributed by atoms with E-state index in [0.717, 1.165) is 16.6 Å². The Morgan fingerprint density at radius 3 is 2.56 bits per heavy atom. The molecule has 0 unspecified atom stereocenters. The number of nitro benzene ring substituents is 1. The molecule has 2 aromatic carbocycles. The number of aromatic nitrogens is 2. The van der Waals surface area contributed by atoms with Gasteiger partial charge in [-0.05, 0) is 29.3 Å². The van der Waals surface area contributed by atoms with E-state index < -0.39 is 4.92 Å². The number of nitrogens with zero attached hydrogens (tertiary/aromatic N) is 4. The molecule has 0 aliphatic rings. The van der Waals surface area contributed by atoms with Crippen LogP contribution in [0.3, 0.4) is 0 Å². The zero-order valence-corrected chi connectivity index (χ0v) is 13.6. The maximum Gasteiger partial charge on any atom is 0.328 e. The Hall–Kier alpha value is -3.66. The van der Waals surface area contributed by atoms with Crippen LogP contribution in [0.5, 0.6) is 0 Å². The van der Waals surface area contributed by atoms with Gasteiger partial charge in [0.05, 0.1) is 27.6 Å². The maximum absolute atomic E-state index is 12.0. The van der Waals surface area contributed by atoms with Crippen molar-refractivity contribution < 1.29 is 4.92 Å². The summed E-state index contributed by atoms with van der Waals surface area (Å²) in [5.41, 5.74) is 2.85. The van der Waals surface area contributed by atoms with Crippen LogP contribution in [0.15, 0.2) is 47.3 Å². The molecule has 0 fully saturated rings. The van der Waals surface area contributed by atoms with Crippen molar-refractivity contribution >= 4 is 28.4 Å². The van der Waals surface area contributed by atoms with Gasteiger partial charge >= 0.3 is 5.69 Å². The molecule has 25 heavy (non-hydrogen) atoms. The number of hydrogen-bond donors (Lipinski definition) is 0. The summed E-state index contributed by atoms with van der Waals surface area (Å²) >= 11 is 0. The fourth-order valence-electron chi connectivity index (χ4n) is 2.75. The molecule has 0 N–H and O–H groups in total. The van der Waals surface area contributed by atoms with Gasteiger partial charge < -0.3 is 0 Å². The summed E-state index contributed by atoms with van der Waals surface area (Å²) < 4.78 is 3.08. The first-order valence-corrected chi connectivity index (χ1v) is 7.44. The first-order valence-electron chi connectivity index (χ1n) is 7.44. The van der Waals surface area contributed by atoms with Crippen LogP contribution in [-0.4, -0.2) is 14.1 Å². The monoisotopic (exact) mass is 334 g/mol. The predicted molar refractivity (Wildman–Crippen MR) is 94.7 cm³/mol. The first-order chi connectivity index (χ1) is 11.9. The van der Waals surface area contributed by atoms with Crippen molar-refractivity contribution in [3.63, 3.8) is 0 Å². The molecule has 1 aromatic heterocycles. The molecule has 0 bridgehead atoms. The van der Waals surface area contributed by atoms with E-state index in [-0.39, 0.29) is 11.4 Å². The summed E-state index contributed by atoms with van der Waals surface area (Å²) in [6, 6.07) is 13.4. The van der Waals surface area contributed by atoms with Gasteiger partial charge in [-0.3, -0.25) is 19.2 Å². The van der Waals surface area contributed by atoms with Crippen molar-refractivity contribution in [2.24, 2.45) is 14.1 Å². The van der Waals surface area contributed by atoms with Crippen LogP contribution in [0.2, 0.25) is 0 Å². The largest absolute Gasteiger partial charge is 0.328 e. The standard InChI is InChI=1S/C18H14N4O3/c1-20-16-7-6-12(9-17(16)21(2)18(20)23)8-14(11-19)13-4-3-5-15(10-13)22(24)25/h3-10H,1-2H3/b14-8-. The van der Waals surface area contributed by atoms with E-state index >= 15 is 0 Å². The summed E-state index contributed by atoms with van der Waals surface area (Å²) in [7, 11) is 3.38. The van der Waals surface area contributed by atoms with Gasteiger partial charge in [0.2, 0.25) is 0 Å². The van der Waals surface area contributed by atoms with Crippen LogP contribution in [0.1, 0.15) is 11.1 Å². The SMILES string of the molecule is Cn1c(=O)n(C)c2cc(/C=C(/C#N)c3cccc([N+](=O)[O-])c3)ccc21. The van der Waals surface area contributed by atoms with Crippen LogP contribution in [0.4, 0.5) is 5.69 Å². The summed E-state index contributed by atoms with van der Waals surface area (Å²) in [6.07, 6.45) is 1.65. The van der Waals surface area contributed by atoms with Gasteiger partial charge in [0.15, 0.2) is 0 Å². The van der Waals surface area contributed by atoms with Crippen molar-refractivity contribution in [3.05, 3.63) is 74.2 Å². The normalized spacial score (nSPS) is 11.5. The molecule has 7 heteroatoms. The van der Waals surface area contributed by atoms with Crippen LogP contribution in [0.25, 0.3) is 22.7 Å². The molecular formula is C18H14N4O3. The van der Waals surface area contributed by atoms with E-state index in [4.69, 9.17) is 0 Å². The van der Waals surface area contributed by atoms with Crippen molar-refractivity contribution in [3.8, 4) is 6.07 Å². The van der Waals surface area contributed by atoms with Gasteiger partial charge in [-0.1, -0.05) is 18.2 Å². The lowest BCUT2D eigenvalue weighted by Crippen LogP contribution is -2.19. The Bertz CT molecular complexity index is 1130. The average Bonchev–Trinajstić information content (AvgIpc) is 2.84. The number of fused-ring (bicyclic) bond motifs is 1. The quantitative estimate of drug-likeness (QED) is 0.318. The molecular weight excluding hydrogens is 320 g/mol. The highest BCUT2D eigenvalue weighted by molar-refractivity contribution is 5.91. The fourth-order valence-corrected chi connectivity index (χ4v) is 2.75. The van der Waals surface area contributed by atoms with Gasteiger partial charge in [-0.2, -0.15) is 5.26 Å². The number of allylic oxidation sites excluding steroid dienone is 1. The molecule has 0 radical (unpaired) electrons. The topological polar surface area (TPSA) is 93.9 Å². The lowest BCUT2D eigenvalue weighted by molar-refractivity contribution is -0.384. The minimum atomic E-state index is -0.496. The summed E-state index contributed by atoms with van der Waals surface area (Å²) in [5, 5.41) is 20.3. The van der Waals surface area contributed by atoms with E-state index in [9.17, 15) is 20.2 Å². The van der Waals surface area contributed by atoms with Crippen LogP contribution in [0, 0.1) is 21.4 Å². The second kappa shape index (κ2) is 6.09. The Kier molecular flexibility index (Phi) is 3.95. The molecule has 0 atom stereocenters. The van der Waals surface area contributed by atoms with E-state index in [0.29, 0.717) is 11.1 Å². The molecule has 3 aromatic rings. The van der Waals surface area contributed by atoms with Crippen molar-refractivity contribution in [2.75, 3.05) is 0 Å². The third kappa shape index (κ3) is 2.81.